The molecule has 0 unspecified atom stereocenters. The lowest BCUT2D eigenvalue weighted by atomic mass is 10.1. The molecule has 136 valence electrons. The molecule has 1 atom stereocenters. The van der Waals surface area contributed by atoms with Crippen LogP contribution in [-0.4, -0.2) is 30.5 Å². The molecule has 1 heterocycles. The average Bonchev–Trinajstić information content (AvgIpc) is 3.41. The molecule has 0 bridgehead atoms. The van der Waals surface area contributed by atoms with Crippen LogP contribution in [0.5, 0.6) is 5.75 Å². The van der Waals surface area contributed by atoms with Crippen molar-refractivity contribution in [3.8, 4) is 5.75 Å². The van der Waals surface area contributed by atoms with Crippen molar-refractivity contribution in [1.29, 1.82) is 0 Å². The predicted molar refractivity (Wildman–Crippen MR) is 103 cm³/mol. The van der Waals surface area contributed by atoms with Crippen LogP contribution in [0.2, 0.25) is 0 Å². The molecule has 0 aromatic heterocycles. The third-order valence-corrected chi connectivity index (χ3v) is 5.41. The maximum atomic E-state index is 12.8. The molecule has 4 rings (SSSR count). The lowest BCUT2D eigenvalue weighted by Crippen LogP contribution is -2.39. The van der Waals surface area contributed by atoms with Gasteiger partial charge in [-0.05, 0) is 73.5 Å². The summed E-state index contributed by atoms with van der Waals surface area (Å²) in [6.07, 6.45) is 4.57. The first-order valence-corrected chi connectivity index (χ1v) is 9.51. The van der Waals surface area contributed by atoms with Crippen molar-refractivity contribution in [2.45, 2.75) is 44.2 Å². The second-order valence-electron chi connectivity index (χ2n) is 7.37. The number of carbonyl (C=O) groups excluding carboxylic acids is 1. The third-order valence-electron chi connectivity index (χ3n) is 5.41. The van der Waals surface area contributed by atoms with E-state index in [2.05, 4.69) is 28.4 Å². The minimum Gasteiger partial charge on any atom is -0.497 e. The largest absolute Gasteiger partial charge is 0.497 e. The van der Waals surface area contributed by atoms with Crippen LogP contribution in [0.1, 0.15) is 42.7 Å². The molecule has 2 fully saturated rings. The zero-order valence-corrected chi connectivity index (χ0v) is 15.3. The number of ether oxygens (including phenoxy) is 1. The van der Waals surface area contributed by atoms with Gasteiger partial charge in [-0.15, -0.1) is 0 Å². The smallest absolute Gasteiger partial charge is 0.241 e. The molecule has 1 aliphatic carbocycles. The van der Waals surface area contributed by atoms with Crippen LogP contribution in [0.15, 0.2) is 48.5 Å². The number of rotatable bonds is 6. The molecule has 0 spiro atoms. The van der Waals surface area contributed by atoms with Gasteiger partial charge in [-0.1, -0.05) is 24.3 Å². The Morgan fingerprint density at radius 2 is 1.96 bits per heavy atom. The number of hydrogen-bond donors (Lipinski definition) is 1. The van der Waals surface area contributed by atoms with E-state index in [0.717, 1.165) is 43.3 Å². The van der Waals surface area contributed by atoms with Crippen LogP contribution in [0, 0.1) is 0 Å². The van der Waals surface area contributed by atoms with Gasteiger partial charge in [0.05, 0.1) is 13.2 Å². The molecule has 4 nitrogen and oxygen atoms in total. The fourth-order valence-corrected chi connectivity index (χ4v) is 3.80. The maximum absolute atomic E-state index is 12.8. The van der Waals surface area contributed by atoms with Crippen LogP contribution in [0.25, 0.3) is 0 Å². The van der Waals surface area contributed by atoms with E-state index < -0.39 is 0 Å². The Morgan fingerprint density at radius 3 is 2.69 bits per heavy atom. The maximum Gasteiger partial charge on any atom is 0.241 e. The quantitative estimate of drug-likeness (QED) is 0.850. The van der Waals surface area contributed by atoms with Crippen molar-refractivity contribution in [3.63, 3.8) is 0 Å². The van der Waals surface area contributed by atoms with Gasteiger partial charge < -0.3 is 10.1 Å². The van der Waals surface area contributed by atoms with Crippen molar-refractivity contribution >= 4 is 11.6 Å². The summed E-state index contributed by atoms with van der Waals surface area (Å²) in [6.45, 7) is 1.73. The first-order valence-electron chi connectivity index (χ1n) is 9.51. The Kier molecular flexibility index (Phi) is 4.93. The predicted octanol–water partition coefficient (Wildman–Crippen LogP) is 4.18. The fourth-order valence-electron chi connectivity index (χ4n) is 3.80. The third kappa shape index (κ3) is 3.91. The normalized spacial score (nSPS) is 20.1. The topological polar surface area (TPSA) is 41.6 Å². The number of benzene rings is 2. The molecular weight excluding hydrogens is 324 g/mol. The summed E-state index contributed by atoms with van der Waals surface area (Å²) in [4.78, 5) is 15.1. The van der Waals surface area contributed by atoms with Crippen molar-refractivity contribution in [2.24, 2.45) is 0 Å². The fraction of sp³-hybridized carbons (Fsp3) is 0.409. The van der Waals surface area contributed by atoms with Crippen molar-refractivity contribution in [1.82, 2.24) is 4.90 Å². The summed E-state index contributed by atoms with van der Waals surface area (Å²) < 4.78 is 5.31. The molecule has 1 saturated carbocycles. The number of amides is 1. The number of carbonyl (C=O) groups is 1. The number of nitrogens with zero attached hydrogens (tertiary/aromatic N) is 1. The first-order chi connectivity index (χ1) is 12.7. The highest BCUT2D eigenvalue weighted by molar-refractivity contribution is 5.95. The van der Waals surface area contributed by atoms with Crippen molar-refractivity contribution in [3.05, 3.63) is 59.7 Å². The van der Waals surface area contributed by atoms with Gasteiger partial charge in [-0.2, -0.15) is 0 Å². The van der Waals surface area contributed by atoms with Gasteiger partial charge in [0.1, 0.15) is 5.75 Å². The van der Waals surface area contributed by atoms with Crippen molar-refractivity contribution in [2.75, 3.05) is 19.0 Å². The Labute approximate surface area is 155 Å². The van der Waals surface area contributed by atoms with Crippen molar-refractivity contribution < 1.29 is 9.53 Å². The van der Waals surface area contributed by atoms with Gasteiger partial charge in [0, 0.05) is 12.2 Å². The van der Waals surface area contributed by atoms with E-state index >= 15 is 0 Å². The zero-order chi connectivity index (χ0) is 17.9. The van der Waals surface area contributed by atoms with Gasteiger partial charge in [-0.25, -0.2) is 0 Å². The zero-order valence-electron chi connectivity index (χ0n) is 15.3. The van der Waals surface area contributed by atoms with Gasteiger partial charge >= 0.3 is 0 Å². The highest BCUT2D eigenvalue weighted by Gasteiger charge is 2.31. The van der Waals surface area contributed by atoms with Crippen LogP contribution >= 0.6 is 0 Å². The molecule has 1 aliphatic heterocycles. The van der Waals surface area contributed by atoms with E-state index in [-0.39, 0.29) is 11.9 Å². The SMILES string of the molecule is COc1cccc(CN2CCC[C@@H]2C(=O)Nc2ccc(C3CC3)cc2)c1. The first kappa shape index (κ1) is 17.1. The second-order valence-corrected chi connectivity index (χ2v) is 7.37. The molecule has 2 aromatic carbocycles. The minimum atomic E-state index is -0.0655. The number of likely N-dealkylation sites (tertiary alicyclic amines) is 1. The van der Waals surface area contributed by atoms with E-state index in [1.807, 2.05) is 30.3 Å². The van der Waals surface area contributed by atoms with Gasteiger partial charge in [-0.3, -0.25) is 9.69 Å². The summed E-state index contributed by atoms with van der Waals surface area (Å²) in [5.74, 6) is 1.70. The molecule has 0 radical (unpaired) electrons. The van der Waals surface area contributed by atoms with Gasteiger partial charge in [0.2, 0.25) is 5.91 Å². The van der Waals surface area contributed by atoms with Crippen LogP contribution < -0.4 is 10.1 Å². The summed E-state index contributed by atoms with van der Waals surface area (Å²) in [6, 6.07) is 16.4. The summed E-state index contributed by atoms with van der Waals surface area (Å²) in [5.41, 5.74) is 3.47. The Morgan fingerprint density at radius 1 is 1.15 bits per heavy atom. The molecule has 2 aliphatic rings. The lowest BCUT2D eigenvalue weighted by molar-refractivity contribution is -0.120. The van der Waals surface area contributed by atoms with E-state index in [1.54, 1.807) is 7.11 Å². The lowest BCUT2D eigenvalue weighted by Gasteiger charge is -2.24. The Bertz CT molecular complexity index is 768. The van der Waals surface area contributed by atoms with E-state index in [4.69, 9.17) is 4.74 Å². The van der Waals surface area contributed by atoms with Crippen LogP contribution in [0.3, 0.4) is 0 Å². The minimum absolute atomic E-state index is 0.0655. The number of anilines is 1. The number of hydrogen-bond acceptors (Lipinski definition) is 3. The molecule has 1 amide bonds. The molecule has 1 saturated heterocycles. The van der Waals surface area contributed by atoms with E-state index in [9.17, 15) is 4.79 Å². The summed E-state index contributed by atoms with van der Waals surface area (Å²) >= 11 is 0. The Balaban J connectivity index is 1.39. The highest BCUT2D eigenvalue weighted by atomic mass is 16.5. The van der Waals surface area contributed by atoms with Crippen LogP contribution in [0.4, 0.5) is 5.69 Å². The van der Waals surface area contributed by atoms with Gasteiger partial charge in [0.25, 0.3) is 0 Å². The molecule has 2 aromatic rings. The Hall–Kier alpha value is -2.33. The highest BCUT2D eigenvalue weighted by Crippen LogP contribution is 2.40. The molecule has 1 N–H and O–H groups in total. The standard InChI is InChI=1S/C22H26N2O2/c1-26-20-5-2-4-16(14-20)15-24-13-3-6-21(24)22(25)23-19-11-9-18(10-12-19)17-7-8-17/h2,4-5,9-12,14,17,21H,3,6-8,13,15H2,1H3,(H,23,25)/t21-/m1/s1. The van der Waals surface area contributed by atoms with Gasteiger partial charge in [0.15, 0.2) is 0 Å². The number of nitrogens with one attached hydrogen (secondary N) is 1. The molecule has 26 heavy (non-hydrogen) atoms. The average molecular weight is 350 g/mol. The monoisotopic (exact) mass is 350 g/mol. The number of methoxy groups -OCH3 is 1. The molecular formula is C22H26N2O2. The van der Waals surface area contributed by atoms with E-state index in [0.29, 0.717) is 0 Å². The second kappa shape index (κ2) is 7.50. The molecule has 4 heteroatoms. The van der Waals surface area contributed by atoms with E-state index in [1.165, 1.54) is 24.0 Å². The summed E-state index contributed by atoms with van der Waals surface area (Å²) in [5, 5.41) is 3.10. The van der Waals surface area contributed by atoms with Crippen LogP contribution in [-0.2, 0) is 11.3 Å². The summed E-state index contributed by atoms with van der Waals surface area (Å²) in [7, 11) is 1.68.